The minimum atomic E-state index is -4.62. The van der Waals surface area contributed by atoms with E-state index in [1.165, 1.54) is 13.0 Å². The van der Waals surface area contributed by atoms with Crippen molar-refractivity contribution in [3.63, 3.8) is 0 Å². The Morgan fingerprint density at radius 3 is 2.57 bits per heavy atom. The molecule has 28 heavy (non-hydrogen) atoms. The Hall–Kier alpha value is -2.33. The van der Waals surface area contributed by atoms with Crippen molar-refractivity contribution in [2.45, 2.75) is 32.1 Å². The molecule has 6 nitrogen and oxygen atoms in total. The zero-order chi connectivity index (χ0) is 21.1. The van der Waals surface area contributed by atoms with Gasteiger partial charge in [0.25, 0.3) is 5.91 Å². The van der Waals surface area contributed by atoms with Crippen LogP contribution in [0.2, 0.25) is 0 Å². The number of H-pyrrole nitrogens is 1. The lowest BCUT2D eigenvalue weighted by atomic mass is 10.0. The molecule has 2 rings (SSSR count). The van der Waals surface area contributed by atoms with Gasteiger partial charge in [0.2, 0.25) is 0 Å². The van der Waals surface area contributed by atoms with Crippen LogP contribution < -0.4 is 10.8 Å². The Morgan fingerprint density at radius 1 is 1.29 bits per heavy atom. The van der Waals surface area contributed by atoms with Crippen molar-refractivity contribution < 1.29 is 28.2 Å². The van der Waals surface area contributed by atoms with Gasteiger partial charge in [-0.15, -0.1) is 0 Å². The Bertz CT molecular complexity index is 928. The zero-order valence-electron chi connectivity index (χ0n) is 15.0. The molecule has 0 unspecified atom stereocenters. The molecule has 0 fully saturated rings. The number of carbonyl (C=O) groups is 1. The van der Waals surface area contributed by atoms with E-state index in [2.05, 4.69) is 31.2 Å². The van der Waals surface area contributed by atoms with Gasteiger partial charge in [0, 0.05) is 10.7 Å². The van der Waals surface area contributed by atoms with Gasteiger partial charge < -0.3 is 20.5 Å². The highest BCUT2D eigenvalue weighted by Gasteiger charge is 2.31. The van der Waals surface area contributed by atoms with E-state index in [0.29, 0.717) is 10.5 Å². The van der Waals surface area contributed by atoms with E-state index in [-0.39, 0.29) is 23.2 Å². The molecule has 1 heterocycles. The fraction of sp³-hybridized carbons (Fsp3) is 0.333. The van der Waals surface area contributed by atoms with Crippen LogP contribution in [0.3, 0.4) is 0 Å². The van der Waals surface area contributed by atoms with E-state index in [1.54, 1.807) is 13.1 Å². The standard InChI is InChI=1S/C18H19BrF3N3O3/c1-9(8-26)24-16-15(6-13(19)7-23-16)17(28)25-10(2)11-3-12(18(20,21)22)5-14(27)4-11/h3-7,9-10,26-27H,8H2,1-2H3,(H,23,24)(H,25,28)/t9-,10-/m1/s1. The lowest BCUT2D eigenvalue weighted by Gasteiger charge is -2.17. The fourth-order valence-corrected chi connectivity index (χ4v) is 2.75. The molecule has 0 bridgehead atoms. The number of halogens is 4. The van der Waals surface area contributed by atoms with Gasteiger partial charge in [-0.1, -0.05) is 0 Å². The number of phenolic OH excluding ortho intramolecular Hbond substituents is 1. The molecule has 0 radical (unpaired) electrons. The normalized spacial score (nSPS) is 14.6. The molecule has 0 aliphatic rings. The number of hydrogen-bond acceptors (Lipinski definition) is 4. The number of nitrogens with zero attached hydrogens (tertiary/aromatic N) is 1. The van der Waals surface area contributed by atoms with Crippen LogP contribution in [0.1, 0.15) is 41.4 Å². The minimum absolute atomic E-state index is 0.0990. The van der Waals surface area contributed by atoms with Gasteiger partial charge in [-0.3, -0.25) is 9.79 Å². The number of aromatic hydroxyl groups is 1. The lowest BCUT2D eigenvalue weighted by molar-refractivity contribution is -0.137. The smallest absolute Gasteiger partial charge is 0.416 e. The average molecular weight is 462 g/mol. The maximum atomic E-state index is 13.0. The van der Waals surface area contributed by atoms with Crippen LogP contribution in [0.4, 0.5) is 13.2 Å². The molecule has 2 atom stereocenters. The highest BCUT2D eigenvalue weighted by molar-refractivity contribution is 9.10. The van der Waals surface area contributed by atoms with Crippen molar-refractivity contribution in [3.05, 3.63) is 57.1 Å². The summed E-state index contributed by atoms with van der Waals surface area (Å²) in [5, 5.41) is 21.4. The molecule has 4 N–H and O–H groups in total. The number of phenols is 1. The van der Waals surface area contributed by atoms with E-state index in [1.807, 2.05) is 0 Å². The summed E-state index contributed by atoms with van der Waals surface area (Å²) in [6, 6.07) is 2.88. The van der Waals surface area contributed by atoms with Gasteiger partial charge in [0.1, 0.15) is 11.2 Å². The molecule has 1 aromatic carbocycles. The summed E-state index contributed by atoms with van der Waals surface area (Å²) in [6.07, 6.45) is -3.06. The number of aliphatic hydroxyl groups excluding tert-OH is 1. The van der Waals surface area contributed by atoms with Crippen LogP contribution in [-0.2, 0) is 6.18 Å². The Kier molecular flexibility index (Phi) is 6.89. The van der Waals surface area contributed by atoms with E-state index >= 15 is 0 Å². The van der Waals surface area contributed by atoms with E-state index < -0.39 is 35.5 Å². The molecular formula is C18H19BrF3N3O3. The van der Waals surface area contributed by atoms with Crippen molar-refractivity contribution >= 4 is 21.8 Å². The summed E-state index contributed by atoms with van der Waals surface area (Å²) >= 11 is 3.24. The summed E-state index contributed by atoms with van der Waals surface area (Å²) in [5.41, 5.74) is -0.534. The number of pyridine rings is 1. The quantitative estimate of drug-likeness (QED) is 0.549. The second kappa shape index (κ2) is 8.78. The summed E-state index contributed by atoms with van der Waals surface area (Å²) in [7, 11) is 0. The molecule has 0 aliphatic heterocycles. The lowest BCUT2D eigenvalue weighted by Crippen LogP contribution is -2.33. The van der Waals surface area contributed by atoms with Gasteiger partial charge in [-0.05, 0) is 59.6 Å². The molecule has 152 valence electrons. The second-order valence-corrected chi connectivity index (χ2v) is 7.16. The first-order valence-corrected chi connectivity index (χ1v) is 9.05. The third kappa shape index (κ3) is 5.59. The van der Waals surface area contributed by atoms with E-state index in [4.69, 9.17) is 5.11 Å². The number of aromatic nitrogens is 1. The Morgan fingerprint density at radius 2 is 1.96 bits per heavy atom. The number of benzene rings is 1. The Balaban J connectivity index is 2.35. The zero-order valence-corrected chi connectivity index (χ0v) is 16.6. The number of carbonyl (C=O) groups excluding carboxylic acids is 1. The number of hydrogen-bond donors (Lipinski definition) is 4. The van der Waals surface area contributed by atoms with Gasteiger partial charge >= 0.3 is 6.18 Å². The molecule has 0 aliphatic carbocycles. The molecule has 10 heteroatoms. The SMILES string of the molecule is C[C@H](CO)/N=c1\[nH]cc(Br)cc1C(=O)N[C@H](C)c1cc(O)cc(C(F)(F)F)c1. The highest BCUT2D eigenvalue weighted by atomic mass is 79.9. The first-order valence-electron chi connectivity index (χ1n) is 8.26. The number of aliphatic hydroxyl groups is 1. The molecule has 0 saturated carbocycles. The summed E-state index contributed by atoms with van der Waals surface area (Å²) < 4.78 is 39.4. The second-order valence-electron chi connectivity index (χ2n) is 6.25. The predicted molar refractivity (Wildman–Crippen MR) is 99.6 cm³/mol. The first-order chi connectivity index (χ1) is 13.0. The molecule has 1 aromatic heterocycles. The highest BCUT2D eigenvalue weighted by Crippen LogP contribution is 2.33. The number of aromatic amines is 1. The number of alkyl halides is 3. The number of amides is 1. The van der Waals surface area contributed by atoms with Crippen LogP contribution >= 0.6 is 15.9 Å². The van der Waals surface area contributed by atoms with Crippen LogP contribution in [-0.4, -0.2) is 33.8 Å². The Labute approximate surface area is 167 Å². The van der Waals surface area contributed by atoms with Crippen LogP contribution in [0.5, 0.6) is 5.75 Å². The maximum Gasteiger partial charge on any atom is 0.416 e. The summed E-state index contributed by atoms with van der Waals surface area (Å²) in [5.74, 6) is -1.12. The molecular weight excluding hydrogens is 443 g/mol. The van der Waals surface area contributed by atoms with Crippen LogP contribution in [0.15, 0.2) is 39.9 Å². The van der Waals surface area contributed by atoms with Gasteiger partial charge in [0.15, 0.2) is 0 Å². The third-order valence-corrected chi connectivity index (χ3v) is 4.32. The van der Waals surface area contributed by atoms with Crippen molar-refractivity contribution in [2.24, 2.45) is 4.99 Å². The van der Waals surface area contributed by atoms with E-state index in [0.717, 1.165) is 12.1 Å². The van der Waals surface area contributed by atoms with Crippen molar-refractivity contribution in [1.82, 2.24) is 10.3 Å². The van der Waals surface area contributed by atoms with E-state index in [9.17, 15) is 23.1 Å². The first kappa shape index (κ1) is 22.0. The van der Waals surface area contributed by atoms with Gasteiger partial charge in [-0.25, -0.2) is 0 Å². The topological polar surface area (TPSA) is 97.7 Å². The number of nitrogens with one attached hydrogen (secondary N) is 2. The maximum absolute atomic E-state index is 13.0. The van der Waals surface area contributed by atoms with Gasteiger partial charge in [-0.2, -0.15) is 13.2 Å². The molecule has 0 saturated heterocycles. The van der Waals surface area contributed by atoms with Crippen molar-refractivity contribution in [3.8, 4) is 5.75 Å². The third-order valence-electron chi connectivity index (χ3n) is 3.86. The largest absolute Gasteiger partial charge is 0.508 e. The average Bonchev–Trinajstić information content (AvgIpc) is 2.61. The fourth-order valence-electron chi connectivity index (χ4n) is 2.41. The summed E-state index contributed by atoms with van der Waals surface area (Å²) in [6.45, 7) is 2.94. The van der Waals surface area contributed by atoms with Crippen molar-refractivity contribution in [1.29, 1.82) is 0 Å². The van der Waals surface area contributed by atoms with Crippen LogP contribution in [0, 0.1) is 0 Å². The number of rotatable bonds is 5. The van der Waals surface area contributed by atoms with Gasteiger partial charge in [0.05, 0.1) is 29.8 Å². The summed E-state index contributed by atoms with van der Waals surface area (Å²) in [4.78, 5) is 19.7. The van der Waals surface area contributed by atoms with Crippen LogP contribution in [0.25, 0.3) is 0 Å². The molecule has 0 spiro atoms. The molecule has 2 aromatic rings. The predicted octanol–water partition coefficient (Wildman–Crippen LogP) is 3.27. The monoisotopic (exact) mass is 461 g/mol. The molecule has 1 amide bonds. The minimum Gasteiger partial charge on any atom is -0.508 e. The van der Waals surface area contributed by atoms with Crippen molar-refractivity contribution in [2.75, 3.05) is 6.61 Å².